The highest BCUT2D eigenvalue weighted by Crippen LogP contribution is 2.43. The SMILES string of the molecule is COc1cccnc1C1CCC1CN. The fraction of sp³-hybridized carbons (Fsp3) is 0.545. The third-order valence-electron chi connectivity index (χ3n) is 3.09. The third-order valence-corrected chi connectivity index (χ3v) is 3.09. The Balaban J connectivity index is 2.22. The van der Waals surface area contributed by atoms with Crippen LogP contribution in [0.2, 0.25) is 0 Å². The summed E-state index contributed by atoms with van der Waals surface area (Å²) in [6.45, 7) is 0.754. The van der Waals surface area contributed by atoms with E-state index in [1.807, 2.05) is 18.3 Å². The summed E-state index contributed by atoms with van der Waals surface area (Å²) in [5, 5.41) is 0. The van der Waals surface area contributed by atoms with Crippen molar-refractivity contribution in [2.75, 3.05) is 13.7 Å². The van der Waals surface area contributed by atoms with E-state index in [1.165, 1.54) is 12.8 Å². The number of nitrogens with two attached hydrogens (primary N) is 1. The van der Waals surface area contributed by atoms with Crippen LogP contribution in [0, 0.1) is 5.92 Å². The molecule has 3 heteroatoms. The molecule has 2 rings (SSSR count). The Morgan fingerprint density at radius 3 is 3.00 bits per heavy atom. The monoisotopic (exact) mass is 192 g/mol. The minimum atomic E-state index is 0.510. The van der Waals surface area contributed by atoms with Crippen molar-refractivity contribution in [2.24, 2.45) is 11.7 Å². The number of nitrogens with zero attached hydrogens (tertiary/aromatic N) is 1. The summed E-state index contributed by atoms with van der Waals surface area (Å²) < 4.78 is 5.29. The molecule has 0 radical (unpaired) electrons. The Morgan fingerprint density at radius 1 is 1.57 bits per heavy atom. The third kappa shape index (κ3) is 1.48. The van der Waals surface area contributed by atoms with Crippen molar-refractivity contribution in [1.29, 1.82) is 0 Å². The number of aromatic nitrogens is 1. The van der Waals surface area contributed by atoms with Crippen molar-refractivity contribution >= 4 is 0 Å². The average molecular weight is 192 g/mol. The van der Waals surface area contributed by atoms with E-state index in [9.17, 15) is 0 Å². The molecule has 1 aromatic rings. The highest BCUT2D eigenvalue weighted by Gasteiger charge is 2.33. The van der Waals surface area contributed by atoms with Crippen molar-refractivity contribution in [2.45, 2.75) is 18.8 Å². The van der Waals surface area contributed by atoms with Crippen molar-refractivity contribution in [3.05, 3.63) is 24.0 Å². The highest BCUT2D eigenvalue weighted by molar-refractivity contribution is 5.31. The zero-order chi connectivity index (χ0) is 9.97. The van der Waals surface area contributed by atoms with E-state index in [0.29, 0.717) is 11.8 Å². The van der Waals surface area contributed by atoms with Crippen LogP contribution in [0.4, 0.5) is 0 Å². The summed E-state index contributed by atoms with van der Waals surface area (Å²) in [5.41, 5.74) is 6.76. The van der Waals surface area contributed by atoms with Gasteiger partial charge in [-0.05, 0) is 37.4 Å². The lowest BCUT2D eigenvalue weighted by atomic mass is 9.71. The minimum absolute atomic E-state index is 0.510. The maximum Gasteiger partial charge on any atom is 0.140 e. The van der Waals surface area contributed by atoms with Crippen LogP contribution in [0.1, 0.15) is 24.5 Å². The zero-order valence-electron chi connectivity index (χ0n) is 8.44. The van der Waals surface area contributed by atoms with Gasteiger partial charge < -0.3 is 10.5 Å². The fourth-order valence-corrected chi connectivity index (χ4v) is 2.06. The molecule has 1 fully saturated rings. The largest absolute Gasteiger partial charge is 0.495 e. The van der Waals surface area contributed by atoms with Gasteiger partial charge in [-0.25, -0.2) is 0 Å². The van der Waals surface area contributed by atoms with Gasteiger partial charge in [0.15, 0.2) is 0 Å². The number of methoxy groups -OCH3 is 1. The second-order valence-electron chi connectivity index (χ2n) is 3.77. The number of rotatable bonds is 3. The van der Waals surface area contributed by atoms with Crippen molar-refractivity contribution in [1.82, 2.24) is 4.98 Å². The van der Waals surface area contributed by atoms with Crippen LogP contribution in [0.25, 0.3) is 0 Å². The molecule has 0 bridgehead atoms. The van der Waals surface area contributed by atoms with Gasteiger partial charge in [0.25, 0.3) is 0 Å². The van der Waals surface area contributed by atoms with Crippen LogP contribution in [0.5, 0.6) is 5.75 Å². The molecular weight excluding hydrogens is 176 g/mol. The first-order valence-corrected chi connectivity index (χ1v) is 5.05. The Hall–Kier alpha value is -1.09. The van der Waals surface area contributed by atoms with Gasteiger partial charge in [-0.1, -0.05) is 0 Å². The topological polar surface area (TPSA) is 48.1 Å². The lowest BCUT2D eigenvalue weighted by Gasteiger charge is -2.35. The van der Waals surface area contributed by atoms with Crippen LogP contribution in [-0.4, -0.2) is 18.6 Å². The number of pyridine rings is 1. The predicted molar refractivity (Wildman–Crippen MR) is 55.3 cm³/mol. The summed E-state index contributed by atoms with van der Waals surface area (Å²) in [6, 6.07) is 3.87. The van der Waals surface area contributed by atoms with Crippen molar-refractivity contribution in [3.63, 3.8) is 0 Å². The molecule has 0 aliphatic heterocycles. The number of ether oxygens (including phenoxy) is 1. The first-order chi connectivity index (χ1) is 6.86. The summed E-state index contributed by atoms with van der Waals surface area (Å²) in [4.78, 5) is 4.39. The molecule has 0 amide bonds. The van der Waals surface area contributed by atoms with Gasteiger partial charge in [0, 0.05) is 12.1 Å². The molecule has 14 heavy (non-hydrogen) atoms. The molecule has 76 valence electrons. The minimum Gasteiger partial charge on any atom is -0.495 e. The van der Waals surface area contributed by atoms with E-state index in [4.69, 9.17) is 10.5 Å². The predicted octanol–water partition coefficient (Wildman–Crippen LogP) is 1.54. The van der Waals surface area contributed by atoms with E-state index >= 15 is 0 Å². The molecule has 2 atom stereocenters. The first kappa shape index (κ1) is 9.46. The van der Waals surface area contributed by atoms with Crippen molar-refractivity contribution in [3.8, 4) is 5.75 Å². The van der Waals surface area contributed by atoms with Crippen LogP contribution in [-0.2, 0) is 0 Å². The van der Waals surface area contributed by atoms with E-state index < -0.39 is 0 Å². The van der Waals surface area contributed by atoms with Gasteiger partial charge in [-0.2, -0.15) is 0 Å². The normalized spacial score (nSPS) is 25.6. The summed E-state index contributed by atoms with van der Waals surface area (Å²) in [7, 11) is 1.69. The molecule has 2 N–H and O–H groups in total. The molecule has 0 spiro atoms. The van der Waals surface area contributed by atoms with Crippen LogP contribution in [0.3, 0.4) is 0 Å². The van der Waals surface area contributed by atoms with Gasteiger partial charge in [-0.15, -0.1) is 0 Å². The lowest BCUT2D eigenvalue weighted by Crippen LogP contribution is -2.31. The Kier molecular flexibility index (Phi) is 2.68. The zero-order valence-corrected chi connectivity index (χ0v) is 8.44. The Labute approximate surface area is 84.3 Å². The standard InChI is InChI=1S/C11H16N2O/c1-14-10-3-2-6-13-11(10)9-5-4-8(9)7-12/h2-3,6,8-9H,4-5,7,12H2,1H3. The van der Waals surface area contributed by atoms with Crippen LogP contribution >= 0.6 is 0 Å². The maximum atomic E-state index is 5.68. The molecule has 1 aromatic heterocycles. The van der Waals surface area contributed by atoms with Crippen molar-refractivity contribution < 1.29 is 4.74 Å². The summed E-state index contributed by atoms with van der Waals surface area (Å²) in [6.07, 6.45) is 4.24. The lowest BCUT2D eigenvalue weighted by molar-refractivity contribution is 0.250. The van der Waals surface area contributed by atoms with E-state index in [2.05, 4.69) is 4.98 Å². The van der Waals surface area contributed by atoms with Gasteiger partial charge in [-0.3, -0.25) is 4.98 Å². The average Bonchev–Trinajstić information content (AvgIpc) is 2.18. The van der Waals surface area contributed by atoms with Crippen LogP contribution < -0.4 is 10.5 Å². The summed E-state index contributed by atoms with van der Waals surface area (Å²) in [5.74, 6) is 2.01. The molecular formula is C11H16N2O. The molecule has 1 saturated carbocycles. The quantitative estimate of drug-likeness (QED) is 0.790. The number of hydrogen-bond donors (Lipinski definition) is 1. The molecule has 3 nitrogen and oxygen atoms in total. The highest BCUT2D eigenvalue weighted by atomic mass is 16.5. The number of hydrogen-bond acceptors (Lipinski definition) is 3. The molecule has 0 saturated heterocycles. The second kappa shape index (κ2) is 3.96. The van der Waals surface area contributed by atoms with E-state index in [0.717, 1.165) is 18.0 Å². The smallest absolute Gasteiger partial charge is 0.140 e. The van der Waals surface area contributed by atoms with Gasteiger partial charge in [0.1, 0.15) is 5.75 Å². The van der Waals surface area contributed by atoms with Gasteiger partial charge >= 0.3 is 0 Å². The molecule has 1 aliphatic rings. The van der Waals surface area contributed by atoms with E-state index in [1.54, 1.807) is 7.11 Å². The first-order valence-electron chi connectivity index (χ1n) is 5.05. The molecule has 0 aromatic carbocycles. The fourth-order valence-electron chi connectivity index (χ4n) is 2.06. The van der Waals surface area contributed by atoms with Crippen LogP contribution in [0.15, 0.2) is 18.3 Å². The van der Waals surface area contributed by atoms with Gasteiger partial charge in [0.05, 0.1) is 12.8 Å². The maximum absolute atomic E-state index is 5.68. The summed E-state index contributed by atoms with van der Waals surface area (Å²) >= 11 is 0. The Bertz CT molecular complexity index is 312. The van der Waals surface area contributed by atoms with E-state index in [-0.39, 0.29) is 0 Å². The Morgan fingerprint density at radius 2 is 2.43 bits per heavy atom. The molecule has 2 unspecified atom stereocenters. The second-order valence-corrected chi connectivity index (χ2v) is 3.77. The molecule has 1 aliphatic carbocycles. The molecule has 1 heterocycles. The van der Waals surface area contributed by atoms with Gasteiger partial charge in [0.2, 0.25) is 0 Å².